The first-order valence-corrected chi connectivity index (χ1v) is 10.1. The summed E-state index contributed by atoms with van der Waals surface area (Å²) in [6.07, 6.45) is 11.0. The van der Waals surface area contributed by atoms with Crippen molar-refractivity contribution in [3.05, 3.63) is 0 Å². The highest BCUT2D eigenvalue weighted by Gasteiger charge is 2.19. The molecule has 0 aliphatic carbocycles. The van der Waals surface area contributed by atoms with Crippen LogP contribution in [0, 0.1) is 0 Å². The molecule has 4 nitrogen and oxygen atoms in total. The van der Waals surface area contributed by atoms with Crippen molar-refractivity contribution in [3.63, 3.8) is 0 Å². The highest BCUT2D eigenvalue weighted by molar-refractivity contribution is 7.81. The maximum Gasteiger partial charge on any atom is 0.105 e. The Hall–Kier alpha value is 0.540. The molecule has 2 aliphatic rings. The Morgan fingerprint density at radius 3 is 1.32 bits per heavy atom. The van der Waals surface area contributed by atoms with Gasteiger partial charge in [-0.15, -0.1) is 25.3 Å². The third-order valence-electron chi connectivity index (χ3n) is 4.78. The van der Waals surface area contributed by atoms with Crippen LogP contribution in [0.3, 0.4) is 0 Å². The molecule has 0 radical (unpaired) electrons. The molecule has 0 aromatic rings. The summed E-state index contributed by atoms with van der Waals surface area (Å²) >= 11 is 9.04. The standard InChI is InChI=1S/C16H34N4S2/c21-15-17-9-13-19(15)11-7-5-3-1-2-4-6-8-12-20-14-10-18-16(20)22/h15-18,21-22H,1-14H2. The summed E-state index contributed by atoms with van der Waals surface area (Å²) in [6, 6.07) is 0. The number of unbranched alkanes of at least 4 members (excludes halogenated alkanes) is 7. The summed E-state index contributed by atoms with van der Waals surface area (Å²) in [6.45, 7) is 6.92. The summed E-state index contributed by atoms with van der Waals surface area (Å²) in [5.41, 5.74) is 0.588. The number of hydrogen-bond acceptors (Lipinski definition) is 6. The van der Waals surface area contributed by atoms with E-state index in [0.717, 1.165) is 26.2 Å². The molecule has 2 atom stereocenters. The average Bonchev–Trinajstić information content (AvgIpc) is 3.10. The van der Waals surface area contributed by atoms with Gasteiger partial charge >= 0.3 is 0 Å². The number of rotatable bonds is 11. The van der Waals surface area contributed by atoms with Crippen LogP contribution in [0.5, 0.6) is 0 Å². The first-order chi connectivity index (χ1) is 10.8. The van der Waals surface area contributed by atoms with Crippen LogP contribution >= 0.6 is 25.3 Å². The Kier molecular flexibility index (Phi) is 9.57. The maximum absolute atomic E-state index is 4.52. The van der Waals surface area contributed by atoms with Crippen LogP contribution < -0.4 is 10.6 Å². The largest absolute Gasteiger partial charge is 0.292 e. The molecule has 2 N–H and O–H groups in total. The third-order valence-corrected chi connectivity index (χ3v) is 5.80. The topological polar surface area (TPSA) is 30.5 Å². The Balaban J connectivity index is 1.31. The lowest BCUT2D eigenvalue weighted by Gasteiger charge is -2.19. The molecule has 0 saturated carbocycles. The van der Waals surface area contributed by atoms with Crippen molar-refractivity contribution < 1.29 is 0 Å². The average molecular weight is 347 g/mol. The third kappa shape index (κ3) is 6.97. The Morgan fingerprint density at radius 2 is 1.00 bits per heavy atom. The van der Waals surface area contributed by atoms with E-state index in [0.29, 0.717) is 11.0 Å². The summed E-state index contributed by atoms with van der Waals surface area (Å²) < 4.78 is 0. The van der Waals surface area contributed by atoms with Gasteiger partial charge in [0.2, 0.25) is 0 Å². The molecule has 2 fully saturated rings. The zero-order valence-electron chi connectivity index (χ0n) is 13.8. The molecular weight excluding hydrogens is 312 g/mol. The molecule has 6 heteroatoms. The summed E-state index contributed by atoms with van der Waals surface area (Å²) in [5.74, 6) is 0. The van der Waals surface area contributed by atoms with E-state index in [1.54, 1.807) is 0 Å². The minimum Gasteiger partial charge on any atom is -0.292 e. The van der Waals surface area contributed by atoms with Crippen LogP contribution in [0.2, 0.25) is 0 Å². The van der Waals surface area contributed by atoms with Gasteiger partial charge in [0.25, 0.3) is 0 Å². The fourth-order valence-corrected chi connectivity index (χ4v) is 4.06. The molecule has 2 aliphatic heterocycles. The van der Waals surface area contributed by atoms with Gasteiger partial charge < -0.3 is 0 Å². The van der Waals surface area contributed by atoms with Crippen LogP contribution in [0.4, 0.5) is 0 Å². The van der Waals surface area contributed by atoms with E-state index in [4.69, 9.17) is 0 Å². The fraction of sp³-hybridized carbons (Fsp3) is 1.00. The number of thiol groups is 2. The zero-order chi connectivity index (χ0) is 15.6. The van der Waals surface area contributed by atoms with Gasteiger partial charge in [-0.1, -0.05) is 38.5 Å². The summed E-state index contributed by atoms with van der Waals surface area (Å²) in [7, 11) is 0. The van der Waals surface area contributed by atoms with Gasteiger partial charge in [-0.3, -0.25) is 20.4 Å². The van der Waals surface area contributed by atoms with Crippen LogP contribution in [-0.4, -0.2) is 60.1 Å². The second kappa shape index (κ2) is 11.2. The highest BCUT2D eigenvalue weighted by Crippen LogP contribution is 2.13. The van der Waals surface area contributed by atoms with Crippen molar-refractivity contribution >= 4 is 25.3 Å². The van der Waals surface area contributed by atoms with Crippen LogP contribution in [0.25, 0.3) is 0 Å². The van der Waals surface area contributed by atoms with E-state index in [-0.39, 0.29) is 0 Å². The normalized spacial score (nSPS) is 27.0. The van der Waals surface area contributed by atoms with Crippen molar-refractivity contribution in [2.24, 2.45) is 0 Å². The fourth-order valence-electron chi connectivity index (χ4n) is 3.34. The van der Waals surface area contributed by atoms with Crippen LogP contribution in [0.1, 0.15) is 51.4 Å². The molecule has 0 amide bonds. The van der Waals surface area contributed by atoms with E-state index in [1.807, 2.05) is 0 Å². The van der Waals surface area contributed by atoms with Crippen molar-refractivity contribution in [1.82, 2.24) is 20.4 Å². The smallest absolute Gasteiger partial charge is 0.105 e. The Morgan fingerprint density at radius 1 is 0.636 bits per heavy atom. The van der Waals surface area contributed by atoms with Gasteiger partial charge in [0.1, 0.15) is 11.0 Å². The molecule has 22 heavy (non-hydrogen) atoms. The lowest BCUT2D eigenvalue weighted by atomic mass is 10.1. The Labute approximate surface area is 147 Å². The van der Waals surface area contributed by atoms with E-state index < -0.39 is 0 Å². The quantitative estimate of drug-likeness (QED) is 0.342. The molecule has 0 spiro atoms. The summed E-state index contributed by atoms with van der Waals surface area (Å²) in [4.78, 5) is 4.87. The lowest BCUT2D eigenvalue weighted by molar-refractivity contribution is 0.300. The number of hydrogen-bond donors (Lipinski definition) is 4. The predicted molar refractivity (Wildman–Crippen MR) is 102 cm³/mol. The maximum atomic E-state index is 4.52. The minimum atomic E-state index is 0.294. The van der Waals surface area contributed by atoms with Crippen molar-refractivity contribution in [1.29, 1.82) is 0 Å². The van der Waals surface area contributed by atoms with Gasteiger partial charge in [0.05, 0.1) is 0 Å². The van der Waals surface area contributed by atoms with E-state index in [2.05, 4.69) is 45.7 Å². The van der Waals surface area contributed by atoms with Gasteiger partial charge in [-0.25, -0.2) is 0 Å². The van der Waals surface area contributed by atoms with Gasteiger partial charge in [0, 0.05) is 39.3 Å². The molecule has 2 saturated heterocycles. The van der Waals surface area contributed by atoms with Crippen LogP contribution in [-0.2, 0) is 0 Å². The van der Waals surface area contributed by atoms with Gasteiger partial charge in [-0.05, 0) is 12.8 Å². The molecule has 2 rings (SSSR count). The van der Waals surface area contributed by atoms with E-state index in [1.165, 1.54) is 64.5 Å². The molecule has 2 heterocycles. The Bertz CT molecular complexity index is 265. The molecular formula is C16H34N4S2. The minimum absolute atomic E-state index is 0.294. The lowest BCUT2D eigenvalue weighted by Crippen LogP contribution is -2.31. The number of nitrogens with one attached hydrogen (secondary N) is 2. The second-order valence-corrected chi connectivity index (χ2v) is 7.53. The molecule has 130 valence electrons. The monoisotopic (exact) mass is 346 g/mol. The SMILES string of the molecule is SC1NCCN1CCCCCCCCCCN1CCNC1S. The van der Waals surface area contributed by atoms with E-state index >= 15 is 0 Å². The first-order valence-electron chi connectivity index (χ1n) is 9.08. The van der Waals surface area contributed by atoms with Crippen molar-refractivity contribution in [2.45, 2.75) is 62.4 Å². The van der Waals surface area contributed by atoms with Crippen molar-refractivity contribution in [3.8, 4) is 0 Å². The van der Waals surface area contributed by atoms with Gasteiger partial charge in [-0.2, -0.15) is 0 Å². The highest BCUT2D eigenvalue weighted by atomic mass is 32.1. The molecule has 0 aromatic carbocycles. The zero-order valence-corrected chi connectivity index (χ0v) is 15.6. The number of nitrogens with zero attached hydrogens (tertiary/aromatic N) is 2. The first kappa shape index (κ1) is 18.9. The predicted octanol–water partition coefficient (Wildman–Crippen LogP) is 2.34. The molecule has 0 bridgehead atoms. The summed E-state index contributed by atoms with van der Waals surface area (Å²) in [5, 5.41) is 6.70. The van der Waals surface area contributed by atoms with Crippen molar-refractivity contribution in [2.75, 3.05) is 39.3 Å². The molecule has 0 aromatic heterocycles. The molecule has 2 unspecified atom stereocenters. The van der Waals surface area contributed by atoms with Gasteiger partial charge in [0.15, 0.2) is 0 Å². The van der Waals surface area contributed by atoms with Crippen LogP contribution in [0.15, 0.2) is 0 Å². The van der Waals surface area contributed by atoms with E-state index in [9.17, 15) is 0 Å². The second-order valence-electron chi connectivity index (χ2n) is 6.56.